The van der Waals surface area contributed by atoms with Crippen LogP contribution >= 0.6 is 0 Å². The molecular formula is C25H34NO3-. The largest absolute Gasteiger partial charge is 0.550 e. The van der Waals surface area contributed by atoms with E-state index in [-0.39, 0.29) is 6.42 Å². The summed E-state index contributed by atoms with van der Waals surface area (Å²) in [5.41, 5.74) is 3.58. The molecule has 0 fully saturated rings. The number of unbranched alkanes of at least 4 members (excludes halogenated alkanes) is 4. The van der Waals surface area contributed by atoms with E-state index >= 15 is 0 Å². The van der Waals surface area contributed by atoms with Crippen LogP contribution in [0, 0.1) is 0 Å². The summed E-state index contributed by atoms with van der Waals surface area (Å²) in [4.78, 5) is 10.6. The van der Waals surface area contributed by atoms with Crippen LogP contribution in [0.4, 0.5) is 0 Å². The second-order valence-electron chi connectivity index (χ2n) is 7.64. The molecule has 2 aromatic carbocycles. The summed E-state index contributed by atoms with van der Waals surface area (Å²) in [6.45, 7) is 1.53. The SMILES string of the molecule is O=C([O-])CCCc1ccccc1CCCCCCCNCC(O)c1ccccc1. The summed E-state index contributed by atoms with van der Waals surface area (Å²) in [6.07, 6.45) is 8.11. The Morgan fingerprint density at radius 1 is 0.828 bits per heavy atom. The number of benzene rings is 2. The molecule has 0 saturated heterocycles. The predicted molar refractivity (Wildman–Crippen MR) is 115 cm³/mol. The standard InChI is InChI=1S/C25H35NO3/c27-24(23-15-6-4-7-16-23)20-26-19-10-3-1-2-5-12-21-13-8-9-14-22(21)17-11-18-25(28)29/h4,6-9,13-16,24,26-27H,1-3,5,10-12,17-20H2,(H,28,29)/p-1. The zero-order valence-electron chi connectivity index (χ0n) is 17.3. The van der Waals surface area contributed by atoms with E-state index in [4.69, 9.17) is 0 Å². The van der Waals surface area contributed by atoms with Crippen LogP contribution in [0.3, 0.4) is 0 Å². The lowest BCUT2D eigenvalue weighted by molar-refractivity contribution is -0.305. The first-order valence-corrected chi connectivity index (χ1v) is 10.9. The van der Waals surface area contributed by atoms with Gasteiger partial charge in [0.05, 0.1) is 6.10 Å². The molecule has 1 atom stereocenters. The molecule has 2 rings (SSSR count). The molecule has 29 heavy (non-hydrogen) atoms. The summed E-state index contributed by atoms with van der Waals surface area (Å²) < 4.78 is 0. The van der Waals surface area contributed by atoms with Gasteiger partial charge in [0, 0.05) is 12.5 Å². The molecule has 0 saturated carbocycles. The molecule has 2 aromatic rings. The van der Waals surface area contributed by atoms with Crippen LogP contribution in [-0.4, -0.2) is 24.2 Å². The molecule has 0 aromatic heterocycles. The minimum Gasteiger partial charge on any atom is -0.550 e. The second-order valence-corrected chi connectivity index (χ2v) is 7.64. The monoisotopic (exact) mass is 396 g/mol. The van der Waals surface area contributed by atoms with Gasteiger partial charge in [-0.05, 0) is 61.8 Å². The van der Waals surface area contributed by atoms with Crippen molar-refractivity contribution in [1.82, 2.24) is 5.32 Å². The number of aliphatic hydroxyl groups excluding tert-OH is 1. The summed E-state index contributed by atoms with van der Waals surface area (Å²) in [7, 11) is 0. The molecule has 1 unspecified atom stereocenters. The number of carboxylic acid groups (broad SMARTS) is 1. The Morgan fingerprint density at radius 2 is 1.41 bits per heavy atom. The highest BCUT2D eigenvalue weighted by Crippen LogP contribution is 2.16. The van der Waals surface area contributed by atoms with Crippen molar-refractivity contribution in [2.75, 3.05) is 13.1 Å². The lowest BCUT2D eigenvalue weighted by Crippen LogP contribution is -2.22. The topological polar surface area (TPSA) is 72.4 Å². The molecule has 0 radical (unpaired) electrons. The molecule has 2 N–H and O–H groups in total. The van der Waals surface area contributed by atoms with Crippen molar-refractivity contribution in [1.29, 1.82) is 0 Å². The Hall–Kier alpha value is -2.17. The van der Waals surface area contributed by atoms with Gasteiger partial charge < -0.3 is 20.3 Å². The van der Waals surface area contributed by atoms with Crippen LogP contribution in [0.25, 0.3) is 0 Å². The van der Waals surface area contributed by atoms with Crippen molar-refractivity contribution in [3.63, 3.8) is 0 Å². The molecule has 4 nitrogen and oxygen atoms in total. The number of rotatable bonds is 15. The molecule has 0 heterocycles. The van der Waals surface area contributed by atoms with E-state index in [0.29, 0.717) is 13.0 Å². The van der Waals surface area contributed by atoms with Gasteiger partial charge >= 0.3 is 0 Å². The molecule has 0 aliphatic rings. The van der Waals surface area contributed by atoms with Crippen LogP contribution in [0.15, 0.2) is 54.6 Å². The fourth-order valence-electron chi connectivity index (χ4n) is 3.60. The van der Waals surface area contributed by atoms with E-state index in [9.17, 15) is 15.0 Å². The molecule has 0 bridgehead atoms. The van der Waals surface area contributed by atoms with E-state index < -0.39 is 12.1 Å². The van der Waals surface area contributed by atoms with Crippen molar-refractivity contribution in [2.24, 2.45) is 0 Å². The lowest BCUT2D eigenvalue weighted by atomic mass is 9.97. The average molecular weight is 397 g/mol. The van der Waals surface area contributed by atoms with Crippen molar-refractivity contribution in [2.45, 2.75) is 63.9 Å². The first-order valence-electron chi connectivity index (χ1n) is 10.9. The van der Waals surface area contributed by atoms with Gasteiger partial charge in [-0.2, -0.15) is 0 Å². The van der Waals surface area contributed by atoms with Crippen molar-refractivity contribution in [3.8, 4) is 0 Å². The van der Waals surface area contributed by atoms with Gasteiger partial charge in [-0.3, -0.25) is 0 Å². The molecular weight excluding hydrogens is 362 g/mol. The average Bonchev–Trinajstić information content (AvgIpc) is 2.73. The van der Waals surface area contributed by atoms with E-state index in [1.165, 1.54) is 30.4 Å². The maximum Gasteiger partial charge on any atom is 0.0914 e. The van der Waals surface area contributed by atoms with Gasteiger partial charge in [0.2, 0.25) is 0 Å². The number of carbonyl (C=O) groups excluding carboxylic acids is 1. The lowest BCUT2D eigenvalue weighted by Gasteiger charge is -2.12. The minimum atomic E-state index is -0.966. The number of aliphatic carboxylic acids is 1. The maximum atomic E-state index is 10.6. The Labute approximate surface area is 175 Å². The Kier molecular flexibility index (Phi) is 11.1. The third-order valence-corrected chi connectivity index (χ3v) is 5.27. The number of carboxylic acids is 1. The second kappa shape index (κ2) is 13.9. The quantitative estimate of drug-likeness (QED) is 0.452. The maximum absolute atomic E-state index is 10.6. The highest BCUT2D eigenvalue weighted by molar-refractivity contribution is 5.64. The molecule has 0 aliphatic carbocycles. The Balaban J connectivity index is 1.51. The van der Waals surface area contributed by atoms with Crippen LogP contribution in [0.1, 0.15) is 67.7 Å². The van der Waals surface area contributed by atoms with Gasteiger partial charge in [-0.1, -0.05) is 73.9 Å². The fourth-order valence-corrected chi connectivity index (χ4v) is 3.60. The fraction of sp³-hybridized carbons (Fsp3) is 0.480. The van der Waals surface area contributed by atoms with Gasteiger partial charge in [0.15, 0.2) is 0 Å². The van der Waals surface area contributed by atoms with Gasteiger partial charge in [-0.15, -0.1) is 0 Å². The summed E-state index contributed by atoms with van der Waals surface area (Å²) in [6, 6.07) is 18.1. The van der Waals surface area contributed by atoms with Crippen LogP contribution in [0.2, 0.25) is 0 Å². The molecule has 0 aliphatic heterocycles. The molecule has 0 amide bonds. The molecule has 158 valence electrons. The number of hydrogen-bond donors (Lipinski definition) is 2. The first-order chi connectivity index (χ1) is 14.2. The van der Waals surface area contributed by atoms with Gasteiger partial charge in [0.25, 0.3) is 0 Å². The molecule has 0 spiro atoms. The Bertz CT molecular complexity index is 702. The number of aliphatic hydroxyl groups is 1. The third-order valence-electron chi connectivity index (χ3n) is 5.27. The predicted octanol–water partition coefficient (Wildman–Crippen LogP) is 3.58. The van der Waals surface area contributed by atoms with Crippen LogP contribution < -0.4 is 10.4 Å². The number of carbonyl (C=O) groups is 1. The summed E-state index contributed by atoms with van der Waals surface area (Å²) in [5.74, 6) is -0.966. The van der Waals surface area contributed by atoms with Crippen molar-refractivity contribution in [3.05, 3.63) is 71.3 Å². The summed E-state index contributed by atoms with van der Waals surface area (Å²) in [5, 5.41) is 24.0. The van der Waals surface area contributed by atoms with Gasteiger partial charge in [-0.25, -0.2) is 0 Å². The smallest absolute Gasteiger partial charge is 0.0914 e. The van der Waals surface area contributed by atoms with Crippen LogP contribution in [-0.2, 0) is 17.6 Å². The summed E-state index contributed by atoms with van der Waals surface area (Å²) >= 11 is 0. The van der Waals surface area contributed by atoms with E-state index in [1.54, 1.807) is 0 Å². The molecule has 4 heteroatoms. The zero-order chi connectivity index (χ0) is 20.7. The van der Waals surface area contributed by atoms with Crippen molar-refractivity contribution < 1.29 is 15.0 Å². The van der Waals surface area contributed by atoms with Gasteiger partial charge in [0.1, 0.15) is 0 Å². The Morgan fingerprint density at radius 3 is 2.10 bits per heavy atom. The van der Waals surface area contributed by atoms with Crippen LogP contribution in [0.5, 0.6) is 0 Å². The number of hydrogen-bond acceptors (Lipinski definition) is 4. The number of aryl methyl sites for hydroxylation is 2. The van der Waals surface area contributed by atoms with E-state index in [2.05, 4.69) is 23.5 Å². The van der Waals surface area contributed by atoms with Crippen molar-refractivity contribution >= 4 is 5.97 Å². The highest BCUT2D eigenvalue weighted by atomic mass is 16.4. The third kappa shape index (κ3) is 9.73. The zero-order valence-corrected chi connectivity index (χ0v) is 17.3. The normalized spacial score (nSPS) is 12.0. The highest BCUT2D eigenvalue weighted by Gasteiger charge is 2.05. The van der Waals surface area contributed by atoms with E-state index in [0.717, 1.165) is 37.8 Å². The minimum absolute atomic E-state index is 0.130. The number of nitrogens with one attached hydrogen (secondary N) is 1. The van der Waals surface area contributed by atoms with E-state index in [1.807, 2.05) is 36.4 Å². The first kappa shape index (κ1) is 23.1.